The van der Waals surface area contributed by atoms with Gasteiger partial charge in [0.05, 0.1) is 12.1 Å². The molecule has 0 radical (unpaired) electrons. The van der Waals surface area contributed by atoms with Crippen LogP contribution < -0.4 is 10.2 Å². The molecule has 6 nitrogen and oxygen atoms in total. The van der Waals surface area contributed by atoms with Gasteiger partial charge in [0.25, 0.3) is 0 Å². The first kappa shape index (κ1) is 19.2. The van der Waals surface area contributed by atoms with E-state index in [2.05, 4.69) is 27.6 Å². The van der Waals surface area contributed by atoms with E-state index in [1.165, 1.54) is 0 Å². The fourth-order valence-electron chi connectivity index (χ4n) is 3.70. The number of rotatable bonds is 6. The molecule has 0 aliphatic rings. The molecule has 0 atom stereocenters. The normalized spacial score (nSPS) is 11.3. The van der Waals surface area contributed by atoms with Gasteiger partial charge in [0.1, 0.15) is 22.8 Å². The maximum atomic E-state index is 6.22. The molecule has 0 bridgehead atoms. The van der Waals surface area contributed by atoms with Crippen LogP contribution in [0.15, 0.2) is 77.6 Å². The summed E-state index contributed by atoms with van der Waals surface area (Å²) in [7, 11) is 1.74. The minimum absolute atomic E-state index is 0.435. The standard InChI is InChI=1S/C25H21N3O3/c1-16-22(15-29-26-2)20-6-4-19(14-25(20)30-16)31-24-9-12-28-23-13-18(3-5-21(23)24)17-7-10-27-11-8-17/h3-14,26H,15H2,1-2H3. The van der Waals surface area contributed by atoms with Crippen molar-refractivity contribution in [1.29, 1.82) is 0 Å². The van der Waals surface area contributed by atoms with E-state index in [0.717, 1.165) is 50.1 Å². The first-order valence-corrected chi connectivity index (χ1v) is 10.0. The molecule has 0 aliphatic carbocycles. The van der Waals surface area contributed by atoms with Gasteiger partial charge in [-0.1, -0.05) is 6.07 Å². The average molecular weight is 411 g/mol. The molecule has 3 aromatic heterocycles. The molecule has 0 aliphatic heterocycles. The van der Waals surface area contributed by atoms with Gasteiger partial charge in [-0.15, -0.1) is 0 Å². The van der Waals surface area contributed by atoms with Gasteiger partial charge in [-0.05, 0) is 60.5 Å². The highest BCUT2D eigenvalue weighted by Gasteiger charge is 2.13. The van der Waals surface area contributed by atoms with Crippen molar-refractivity contribution in [3.05, 3.63) is 84.5 Å². The van der Waals surface area contributed by atoms with E-state index < -0.39 is 0 Å². The van der Waals surface area contributed by atoms with Crippen molar-refractivity contribution >= 4 is 21.9 Å². The maximum Gasteiger partial charge on any atom is 0.138 e. The van der Waals surface area contributed by atoms with Crippen molar-refractivity contribution in [1.82, 2.24) is 15.4 Å². The van der Waals surface area contributed by atoms with Crippen molar-refractivity contribution < 1.29 is 14.0 Å². The SMILES string of the molecule is CNOCc1c(C)oc2cc(Oc3ccnc4cc(-c5ccncc5)ccc34)ccc12. The summed E-state index contributed by atoms with van der Waals surface area (Å²) in [6.45, 7) is 2.37. The summed E-state index contributed by atoms with van der Waals surface area (Å²) in [5.74, 6) is 2.28. The fraction of sp³-hybridized carbons (Fsp3) is 0.120. The Morgan fingerprint density at radius 2 is 1.74 bits per heavy atom. The van der Waals surface area contributed by atoms with E-state index in [4.69, 9.17) is 14.0 Å². The van der Waals surface area contributed by atoms with Gasteiger partial charge in [-0.2, -0.15) is 0 Å². The number of nitrogens with zero attached hydrogens (tertiary/aromatic N) is 2. The molecule has 0 spiro atoms. The molecule has 31 heavy (non-hydrogen) atoms. The number of furan rings is 1. The van der Waals surface area contributed by atoms with E-state index in [1.54, 1.807) is 25.6 Å². The summed E-state index contributed by atoms with van der Waals surface area (Å²) < 4.78 is 12.1. The van der Waals surface area contributed by atoms with Gasteiger partial charge in [-0.25, -0.2) is 5.48 Å². The van der Waals surface area contributed by atoms with Gasteiger partial charge < -0.3 is 9.15 Å². The molecule has 1 N–H and O–H groups in total. The topological polar surface area (TPSA) is 69.4 Å². The molecule has 0 saturated heterocycles. The largest absolute Gasteiger partial charge is 0.461 e. The lowest BCUT2D eigenvalue weighted by Gasteiger charge is -2.10. The number of aromatic nitrogens is 2. The van der Waals surface area contributed by atoms with E-state index in [1.807, 2.05) is 49.4 Å². The third kappa shape index (κ3) is 3.74. The predicted molar refractivity (Wildman–Crippen MR) is 120 cm³/mol. The summed E-state index contributed by atoms with van der Waals surface area (Å²) in [6.07, 6.45) is 5.33. The van der Waals surface area contributed by atoms with Crippen LogP contribution in [0.3, 0.4) is 0 Å². The zero-order valence-corrected chi connectivity index (χ0v) is 17.3. The van der Waals surface area contributed by atoms with Crippen LogP contribution in [0.25, 0.3) is 33.0 Å². The molecule has 3 heterocycles. The van der Waals surface area contributed by atoms with Crippen LogP contribution in [0.5, 0.6) is 11.5 Å². The van der Waals surface area contributed by atoms with Crippen LogP contribution >= 0.6 is 0 Å². The monoisotopic (exact) mass is 411 g/mol. The quantitative estimate of drug-likeness (QED) is 0.356. The Morgan fingerprint density at radius 1 is 0.903 bits per heavy atom. The number of aryl methyl sites for hydroxylation is 1. The second-order valence-corrected chi connectivity index (χ2v) is 7.17. The summed E-state index contributed by atoms with van der Waals surface area (Å²) in [4.78, 5) is 13.9. The minimum atomic E-state index is 0.435. The molecular formula is C25H21N3O3. The van der Waals surface area contributed by atoms with Crippen molar-refractivity contribution in [2.45, 2.75) is 13.5 Å². The molecule has 0 fully saturated rings. The lowest BCUT2D eigenvalue weighted by Crippen LogP contribution is -2.06. The second kappa shape index (κ2) is 8.18. The van der Waals surface area contributed by atoms with Gasteiger partial charge in [-0.3, -0.25) is 14.8 Å². The number of hydrogen-bond acceptors (Lipinski definition) is 6. The lowest BCUT2D eigenvalue weighted by molar-refractivity contribution is 0.0443. The summed E-state index contributed by atoms with van der Waals surface area (Å²) in [5.41, 5.74) is 7.54. The Morgan fingerprint density at radius 3 is 2.58 bits per heavy atom. The highest BCUT2D eigenvalue weighted by Crippen LogP contribution is 2.34. The molecule has 0 saturated carbocycles. The van der Waals surface area contributed by atoms with E-state index in [9.17, 15) is 0 Å². The average Bonchev–Trinajstić information content (AvgIpc) is 3.12. The Balaban J connectivity index is 1.48. The molecular weight excluding hydrogens is 390 g/mol. The Hall–Kier alpha value is -3.74. The summed E-state index contributed by atoms with van der Waals surface area (Å²) in [6, 6.07) is 17.9. The van der Waals surface area contributed by atoms with E-state index in [-0.39, 0.29) is 0 Å². The Bertz CT molecular complexity index is 1360. The van der Waals surface area contributed by atoms with E-state index in [0.29, 0.717) is 12.4 Å². The van der Waals surface area contributed by atoms with Gasteiger partial charge >= 0.3 is 0 Å². The smallest absolute Gasteiger partial charge is 0.138 e. The number of benzene rings is 2. The van der Waals surface area contributed by atoms with Crippen LogP contribution in [-0.4, -0.2) is 17.0 Å². The number of pyridine rings is 2. The van der Waals surface area contributed by atoms with Crippen LogP contribution in [0.2, 0.25) is 0 Å². The zero-order chi connectivity index (χ0) is 21.2. The van der Waals surface area contributed by atoms with Crippen LogP contribution in [0.4, 0.5) is 0 Å². The summed E-state index contributed by atoms with van der Waals surface area (Å²) in [5, 5.41) is 1.96. The van der Waals surface area contributed by atoms with Crippen molar-refractivity contribution in [3.8, 4) is 22.6 Å². The molecule has 0 amide bonds. The maximum absolute atomic E-state index is 6.22. The fourth-order valence-corrected chi connectivity index (χ4v) is 3.70. The van der Waals surface area contributed by atoms with E-state index >= 15 is 0 Å². The minimum Gasteiger partial charge on any atom is -0.461 e. The third-order valence-electron chi connectivity index (χ3n) is 5.27. The number of hydroxylamine groups is 1. The van der Waals surface area contributed by atoms with Crippen LogP contribution in [-0.2, 0) is 11.4 Å². The van der Waals surface area contributed by atoms with Gasteiger partial charge in [0.2, 0.25) is 0 Å². The number of ether oxygens (including phenoxy) is 1. The van der Waals surface area contributed by atoms with Crippen LogP contribution in [0.1, 0.15) is 11.3 Å². The first-order valence-electron chi connectivity index (χ1n) is 10.0. The number of nitrogens with one attached hydrogen (secondary N) is 1. The zero-order valence-electron chi connectivity index (χ0n) is 17.3. The van der Waals surface area contributed by atoms with Crippen molar-refractivity contribution in [2.24, 2.45) is 0 Å². The number of fused-ring (bicyclic) bond motifs is 2. The molecule has 2 aromatic carbocycles. The second-order valence-electron chi connectivity index (χ2n) is 7.17. The van der Waals surface area contributed by atoms with Crippen molar-refractivity contribution in [3.63, 3.8) is 0 Å². The molecule has 5 rings (SSSR count). The Labute approximate surface area is 179 Å². The molecule has 0 unspecified atom stereocenters. The highest BCUT2D eigenvalue weighted by atomic mass is 16.6. The first-order chi connectivity index (χ1) is 15.2. The predicted octanol–water partition coefficient (Wildman–Crippen LogP) is 5.79. The molecule has 5 aromatic rings. The number of hydrogen-bond donors (Lipinski definition) is 1. The van der Waals surface area contributed by atoms with Crippen LogP contribution in [0, 0.1) is 6.92 Å². The third-order valence-corrected chi connectivity index (χ3v) is 5.27. The lowest BCUT2D eigenvalue weighted by atomic mass is 10.0. The van der Waals surface area contributed by atoms with Gasteiger partial charge in [0.15, 0.2) is 0 Å². The van der Waals surface area contributed by atoms with Gasteiger partial charge in [0, 0.05) is 48.0 Å². The Kier molecular flexibility index (Phi) is 5.08. The molecule has 6 heteroatoms. The summed E-state index contributed by atoms with van der Waals surface area (Å²) >= 11 is 0. The van der Waals surface area contributed by atoms with Crippen molar-refractivity contribution in [2.75, 3.05) is 7.05 Å². The molecule has 154 valence electrons. The highest BCUT2D eigenvalue weighted by molar-refractivity contribution is 5.89.